The van der Waals surface area contributed by atoms with Crippen LogP contribution >= 0.6 is 38.9 Å². The van der Waals surface area contributed by atoms with Crippen molar-refractivity contribution in [3.05, 3.63) is 33.6 Å². The van der Waals surface area contributed by atoms with Gasteiger partial charge in [-0.2, -0.15) is 0 Å². The highest BCUT2D eigenvalue weighted by Gasteiger charge is 2.11. The number of nitrogens with zero attached hydrogens (tertiary/aromatic N) is 2. The summed E-state index contributed by atoms with van der Waals surface area (Å²) in [6.45, 7) is 2.09. The van der Waals surface area contributed by atoms with Crippen LogP contribution in [0.1, 0.15) is 5.56 Å². The lowest BCUT2D eigenvalue weighted by Crippen LogP contribution is -1.79. The molecule has 3 aromatic rings. The molecule has 0 N–H and O–H groups in total. The number of hydrogen-bond donors (Lipinski definition) is 0. The average molecular weight is 314 g/mol. The van der Waals surface area contributed by atoms with Gasteiger partial charge in [-0.05, 0) is 24.6 Å². The maximum Gasteiger partial charge on any atom is 0.150 e. The fourth-order valence-corrected chi connectivity index (χ4v) is 3.68. The van der Waals surface area contributed by atoms with E-state index in [1.54, 1.807) is 11.3 Å². The molecule has 0 aliphatic rings. The standard InChI is InChI=1S/C11H6BrClN2S/c1-5-2-6(12)3-7-8-10(16-9(5)7)11(13)15-4-14-8/h2-4H,1H3. The second-order valence-electron chi connectivity index (χ2n) is 3.54. The Balaban J connectivity index is 2.61. The largest absolute Gasteiger partial charge is 0.235 e. The van der Waals surface area contributed by atoms with E-state index in [0.29, 0.717) is 5.15 Å². The fourth-order valence-electron chi connectivity index (χ4n) is 1.78. The Kier molecular flexibility index (Phi) is 2.38. The molecule has 0 aliphatic carbocycles. The van der Waals surface area contributed by atoms with E-state index in [1.807, 2.05) is 0 Å². The molecule has 1 aromatic carbocycles. The minimum Gasteiger partial charge on any atom is -0.235 e. The summed E-state index contributed by atoms with van der Waals surface area (Å²) in [5.74, 6) is 0. The van der Waals surface area contributed by atoms with Gasteiger partial charge in [-0.15, -0.1) is 11.3 Å². The number of aryl methyl sites for hydroxylation is 1. The number of rotatable bonds is 0. The molecule has 0 unspecified atom stereocenters. The Hall–Kier alpha value is -0.710. The predicted octanol–water partition coefficient (Wildman–Crippen LogP) is 4.57. The molecule has 2 aromatic heterocycles. The number of benzene rings is 1. The van der Waals surface area contributed by atoms with Gasteiger partial charge in [0.1, 0.15) is 11.5 Å². The molecule has 80 valence electrons. The van der Waals surface area contributed by atoms with Crippen LogP contribution in [-0.2, 0) is 0 Å². The smallest absolute Gasteiger partial charge is 0.150 e. The molecule has 16 heavy (non-hydrogen) atoms. The highest BCUT2D eigenvalue weighted by atomic mass is 79.9. The molecule has 0 saturated heterocycles. The van der Waals surface area contributed by atoms with E-state index >= 15 is 0 Å². The van der Waals surface area contributed by atoms with Crippen LogP contribution in [0.5, 0.6) is 0 Å². The number of aromatic nitrogens is 2. The van der Waals surface area contributed by atoms with Gasteiger partial charge in [0.25, 0.3) is 0 Å². The third-order valence-electron chi connectivity index (χ3n) is 2.46. The summed E-state index contributed by atoms with van der Waals surface area (Å²) in [6, 6.07) is 4.17. The summed E-state index contributed by atoms with van der Waals surface area (Å²) >= 11 is 11.2. The van der Waals surface area contributed by atoms with Gasteiger partial charge in [0.05, 0.1) is 10.2 Å². The number of fused-ring (bicyclic) bond motifs is 3. The Morgan fingerprint density at radius 1 is 1.25 bits per heavy atom. The first-order chi connectivity index (χ1) is 7.66. The van der Waals surface area contributed by atoms with Gasteiger partial charge >= 0.3 is 0 Å². The minimum atomic E-state index is 0.529. The van der Waals surface area contributed by atoms with E-state index in [0.717, 1.165) is 20.1 Å². The molecule has 0 fully saturated rings. The van der Waals surface area contributed by atoms with Crippen molar-refractivity contribution >= 4 is 59.2 Å². The number of hydrogen-bond acceptors (Lipinski definition) is 3. The summed E-state index contributed by atoms with van der Waals surface area (Å²) in [5, 5.41) is 1.66. The number of thiophene rings is 1. The van der Waals surface area contributed by atoms with E-state index in [9.17, 15) is 0 Å². The van der Waals surface area contributed by atoms with Gasteiger partial charge in [0.2, 0.25) is 0 Å². The molecule has 0 radical (unpaired) electrons. The molecule has 2 nitrogen and oxygen atoms in total. The molecule has 0 amide bonds. The van der Waals surface area contributed by atoms with Crippen LogP contribution in [0.4, 0.5) is 0 Å². The Morgan fingerprint density at radius 3 is 2.88 bits per heavy atom. The predicted molar refractivity (Wildman–Crippen MR) is 72.4 cm³/mol. The van der Waals surface area contributed by atoms with E-state index in [4.69, 9.17) is 11.6 Å². The van der Waals surface area contributed by atoms with Gasteiger partial charge in [-0.25, -0.2) is 9.97 Å². The van der Waals surface area contributed by atoms with E-state index in [2.05, 4.69) is 45.0 Å². The molecule has 2 heterocycles. The van der Waals surface area contributed by atoms with Crippen molar-refractivity contribution in [3.8, 4) is 0 Å². The molecular weight excluding hydrogens is 308 g/mol. The maximum atomic E-state index is 6.07. The Bertz CT molecular complexity index is 708. The highest BCUT2D eigenvalue weighted by Crippen LogP contribution is 2.38. The average Bonchev–Trinajstić information content (AvgIpc) is 2.59. The van der Waals surface area contributed by atoms with Gasteiger partial charge in [-0.1, -0.05) is 27.5 Å². The van der Waals surface area contributed by atoms with Crippen LogP contribution in [0.3, 0.4) is 0 Å². The molecule has 0 atom stereocenters. The van der Waals surface area contributed by atoms with Crippen LogP contribution in [0, 0.1) is 6.92 Å². The second-order valence-corrected chi connectivity index (χ2v) is 5.84. The minimum absolute atomic E-state index is 0.529. The van der Waals surface area contributed by atoms with Crippen LogP contribution in [-0.4, -0.2) is 9.97 Å². The zero-order chi connectivity index (χ0) is 11.3. The van der Waals surface area contributed by atoms with Crippen molar-refractivity contribution in [2.45, 2.75) is 6.92 Å². The quantitative estimate of drug-likeness (QED) is 0.568. The summed E-state index contributed by atoms with van der Waals surface area (Å²) in [6.07, 6.45) is 1.51. The van der Waals surface area contributed by atoms with Crippen LogP contribution in [0.25, 0.3) is 20.3 Å². The van der Waals surface area contributed by atoms with Crippen LogP contribution in [0.15, 0.2) is 22.9 Å². The molecule has 0 spiro atoms. The summed E-state index contributed by atoms with van der Waals surface area (Å²) in [7, 11) is 0. The first-order valence-electron chi connectivity index (χ1n) is 4.65. The third-order valence-corrected chi connectivity index (χ3v) is 4.65. The van der Waals surface area contributed by atoms with E-state index in [1.165, 1.54) is 16.6 Å². The lowest BCUT2D eigenvalue weighted by Gasteiger charge is -1.96. The van der Waals surface area contributed by atoms with Crippen molar-refractivity contribution < 1.29 is 0 Å². The SMILES string of the molecule is Cc1cc(Br)cc2c1sc1c(Cl)ncnc12. The van der Waals surface area contributed by atoms with E-state index in [-0.39, 0.29) is 0 Å². The zero-order valence-electron chi connectivity index (χ0n) is 8.29. The van der Waals surface area contributed by atoms with Crippen molar-refractivity contribution in [1.82, 2.24) is 9.97 Å². The van der Waals surface area contributed by atoms with Crippen molar-refractivity contribution in [1.29, 1.82) is 0 Å². The lowest BCUT2D eigenvalue weighted by atomic mass is 10.2. The summed E-state index contributed by atoms with van der Waals surface area (Å²) < 4.78 is 3.24. The molecule has 0 bridgehead atoms. The zero-order valence-corrected chi connectivity index (χ0v) is 11.4. The molecule has 0 aliphatic heterocycles. The van der Waals surface area contributed by atoms with Crippen LogP contribution in [0.2, 0.25) is 5.15 Å². The molecule has 0 saturated carbocycles. The van der Waals surface area contributed by atoms with E-state index < -0.39 is 0 Å². The van der Waals surface area contributed by atoms with Gasteiger partial charge in [0, 0.05) is 14.6 Å². The summed E-state index contributed by atoms with van der Waals surface area (Å²) in [5.41, 5.74) is 2.16. The molecule has 5 heteroatoms. The van der Waals surface area contributed by atoms with Crippen LogP contribution < -0.4 is 0 Å². The van der Waals surface area contributed by atoms with Gasteiger partial charge < -0.3 is 0 Å². The molecule has 3 rings (SSSR count). The van der Waals surface area contributed by atoms with Crippen molar-refractivity contribution in [2.24, 2.45) is 0 Å². The van der Waals surface area contributed by atoms with Crippen molar-refractivity contribution in [3.63, 3.8) is 0 Å². The van der Waals surface area contributed by atoms with Crippen molar-refractivity contribution in [2.75, 3.05) is 0 Å². The molecular formula is C11H6BrClN2S. The van der Waals surface area contributed by atoms with Gasteiger partial charge in [-0.3, -0.25) is 0 Å². The Labute approximate surface area is 109 Å². The normalized spacial score (nSPS) is 11.4. The first kappa shape index (κ1) is 10.4. The third kappa shape index (κ3) is 1.44. The number of halogens is 2. The topological polar surface area (TPSA) is 25.8 Å². The fraction of sp³-hybridized carbons (Fsp3) is 0.0909. The summed E-state index contributed by atoms with van der Waals surface area (Å²) in [4.78, 5) is 8.31. The maximum absolute atomic E-state index is 6.07. The highest BCUT2D eigenvalue weighted by molar-refractivity contribution is 9.10. The second kappa shape index (κ2) is 3.65. The monoisotopic (exact) mass is 312 g/mol. The Morgan fingerprint density at radius 2 is 2.06 bits per heavy atom. The first-order valence-corrected chi connectivity index (χ1v) is 6.64. The lowest BCUT2D eigenvalue weighted by molar-refractivity contribution is 1.23. The van der Waals surface area contributed by atoms with Gasteiger partial charge in [0.15, 0.2) is 0 Å².